The van der Waals surface area contributed by atoms with Crippen LogP contribution in [0.5, 0.6) is 0 Å². The van der Waals surface area contributed by atoms with E-state index in [1.165, 1.54) is 12.5 Å². The molecule has 1 fully saturated rings. The lowest BCUT2D eigenvalue weighted by Crippen LogP contribution is -2.45. The molecule has 0 aromatic heterocycles. The molecule has 0 aromatic rings. The molecule has 4 heteroatoms. The van der Waals surface area contributed by atoms with Gasteiger partial charge in [-0.25, -0.2) is 0 Å². The molecule has 1 aliphatic rings. The number of aliphatic carboxylic acids is 1. The van der Waals surface area contributed by atoms with Crippen LogP contribution in [0.25, 0.3) is 0 Å². The van der Waals surface area contributed by atoms with E-state index in [-0.39, 0.29) is 6.54 Å². The van der Waals surface area contributed by atoms with E-state index in [0.717, 1.165) is 6.54 Å². The zero-order valence-corrected chi connectivity index (χ0v) is 8.13. The van der Waals surface area contributed by atoms with Crippen LogP contribution >= 0.6 is 0 Å². The summed E-state index contributed by atoms with van der Waals surface area (Å²) >= 11 is 0. The van der Waals surface area contributed by atoms with E-state index in [2.05, 4.69) is 17.7 Å². The summed E-state index contributed by atoms with van der Waals surface area (Å²) in [4.78, 5) is 10.4. The molecule has 1 aliphatic heterocycles. The van der Waals surface area contributed by atoms with Gasteiger partial charge in [-0.1, -0.05) is 13.1 Å². The fourth-order valence-electron chi connectivity index (χ4n) is 1.62. The number of carboxylic acid groups (broad SMARTS) is 1. The molecule has 0 atom stereocenters. The van der Waals surface area contributed by atoms with E-state index in [9.17, 15) is 4.79 Å². The Morgan fingerprint density at radius 1 is 1.64 bits per heavy atom. The minimum absolute atomic E-state index is 0.249. The Labute approximate surface area is 68.1 Å². The first-order valence-electron chi connectivity index (χ1n) is 3.99. The number of hydrogen-bond donors (Lipinski definition) is 1. The second-order valence-electron chi connectivity index (χ2n) is 3.73. The molecule has 11 heavy (non-hydrogen) atoms. The summed E-state index contributed by atoms with van der Waals surface area (Å²) < 4.78 is 2.16. The summed E-state index contributed by atoms with van der Waals surface area (Å²) in [6.07, 6.45) is 1.19. The molecule has 0 radical (unpaired) electrons. The highest BCUT2D eigenvalue weighted by Gasteiger charge is 2.34. The molecule has 1 heterocycles. The highest BCUT2D eigenvalue weighted by Crippen LogP contribution is 2.24. The first kappa shape index (κ1) is 8.74. The number of hydrogen-bond acceptors (Lipinski definition) is 2. The van der Waals surface area contributed by atoms with E-state index in [1.807, 2.05) is 0 Å². The van der Waals surface area contributed by atoms with Crippen LogP contribution < -0.4 is 0 Å². The molecule has 0 bridgehead atoms. The van der Waals surface area contributed by atoms with Crippen molar-refractivity contribution in [2.75, 3.05) is 13.1 Å². The molecule has 0 spiro atoms. The molecule has 1 N–H and O–H groups in total. The largest absolute Gasteiger partial charge is 0.480 e. The zero-order valence-electron chi connectivity index (χ0n) is 7.13. The van der Waals surface area contributed by atoms with E-state index >= 15 is 0 Å². The van der Waals surface area contributed by atoms with Gasteiger partial charge in [-0.05, 0) is 19.0 Å². The smallest absolute Gasteiger partial charge is 0.317 e. The van der Waals surface area contributed by atoms with Crippen molar-refractivity contribution in [3.8, 4) is 0 Å². The number of carbonyl (C=O) groups is 1. The highest BCUT2D eigenvalue weighted by atomic mass is 28.3. The van der Waals surface area contributed by atoms with Gasteiger partial charge in [0, 0.05) is 0 Å². The Morgan fingerprint density at radius 3 is 2.64 bits per heavy atom. The Bertz CT molecular complexity index is 170. The summed E-state index contributed by atoms with van der Waals surface area (Å²) in [7, 11) is -1.28. The van der Waals surface area contributed by atoms with Gasteiger partial charge in [0.25, 0.3) is 0 Å². The third-order valence-corrected chi connectivity index (χ3v) is 6.07. The molecule has 1 rings (SSSR count). The SMILES string of the molecule is C[Si]1(C)CCCN1CC(=O)O. The lowest BCUT2D eigenvalue weighted by atomic mass is 10.5. The first-order chi connectivity index (χ1) is 5.02. The van der Waals surface area contributed by atoms with Crippen LogP contribution in [-0.4, -0.2) is 37.0 Å². The van der Waals surface area contributed by atoms with Crippen LogP contribution in [0.3, 0.4) is 0 Å². The average Bonchev–Trinajstić information content (AvgIpc) is 2.10. The minimum Gasteiger partial charge on any atom is -0.480 e. The van der Waals surface area contributed by atoms with Crippen molar-refractivity contribution in [3.05, 3.63) is 0 Å². The van der Waals surface area contributed by atoms with Crippen LogP contribution in [0, 0.1) is 0 Å². The quantitative estimate of drug-likeness (QED) is 0.633. The Hall–Kier alpha value is -0.353. The van der Waals surface area contributed by atoms with Crippen molar-refractivity contribution in [1.82, 2.24) is 4.57 Å². The van der Waals surface area contributed by atoms with Gasteiger partial charge in [0.2, 0.25) is 0 Å². The van der Waals surface area contributed by atoms with Crippen LogP contribution in [0.15, 0.2) is 0 Å². The van der Waals surface area contributed by atoms with Crippen molar-refractivity contribution in [2.45, 2.75) is 25.6 Å². The van der Waals surface area contributed by atoms with E-state index in [0.29, 0.717) is 0 Å². The molecule has 0 saturated carbocycles. The van der Waals surface area contributed by atoms with Gasteiger partial charge in [-0.15, -0.1) is 0 Å². The predicted octanol–water partition coefficient (Wildman–Crippen LogP) is 0.982. The van der Waals surface area contributed by atoms with Crippen LogP contribution in [0.4, 0.5) is 0 Å². The standard InChI is InChI=1S/C7H15NO2Si/c1-11(2)5-3-4-8(11)6-7(9)10/h3-6H2,1-2H3,(H,9,10). The molecule has 0 aromatic carbocycles. The molecule has 0 aliphatic carbocycles. The molecule has 1 saturated heterocycles. The topological polar surface area (TPSA) is 40.5 Å². The predicted molar refractivity (Wildman–Crippen MR) is 46.1 cm³/mol. The summed E-state index contributed by atoms with van der Waals surface area (Å²) in [6.45, 7) is 5.72. The lowest BCUT2D eigenvalue weighted by molar-refractivity contribution is -0.137. The van der Waals surface area contributed by atoms with E-state index in [1.54, 1.807) is 0 Å². The second-order valence-corrected chi connectivity index (χ2v) is 8.49. The molecule has 64 valence electrons. The van der Waals surface area contributed by atoms with Crippen LogP contribution in [0.2, 0.25) is 19.1 Å². The molecular formula is C7H15NO2Si. The van der Waals surface area contributed by atoms with Crippen LogP contribution in [0.1, 0.15) is 6.42 Å². The lowest BCUT2D eigenvalue weighted by Gasteiger charge is -2.27. The van der Waals surface area contributed by atoms with Gasteiger partial charge in [0.1, 0.15) is 8.24 Å². The van der Waals surface area contributed by atoms with E-state index in [4.69, 9.17) is 5.11 Å². The van der Waals surface area contributed by atoms with Gasteiger partial charge < -0.3 is 9.67 Å². The summed E-state index contributed by atoms with van der Waals surface area (Å²) in [6, 6.07) is 1.25. The Morgan fingerprint density at radius 2 is 2.27 bits per heavy atom. The van der Waals surface area contributed by atoms with Gasteiger partial charge in [0.15, 0.2) is 0 Å². The van der Waals surface area contributed by atoms with Crippen molar-refractivity contribution >= 4 is 14.2 Å². The maximum atomic E-state index is 10.4. The molecular weight excluding hydrogens is 158 g/mol. The number of carboxylic acids is 1. The van der Waals surface area contributed by atoms with Crippen molar-refractivity contribution in [2.24, 2.45) is 0 Å². The number of nitrogens with zero attached hydrogens (tertiary/aromatic N) is 1. The fourth-order valence-corrected chi connectivity index (χ4v) is 4.29. The van der Waals surface area contributed by atoms with Gasteiger partial charge >= 0.3 is 5.97 Å². The third-order valence-electron chi connectivity index (χ3n) is 2.40. The third kappa shape index (κ3) is 2.04. The maximum absolute atomic E-state index is 10.4. The van der Waals surface area contributed by atoms with Crippen molar-refractivity contribution in [3.63, 3.8) is 0 Å². The first-order valence-corrected chi connectivity index (χ1v) is 7.15. The van der Waals surface area contributed by atoms with Crippen molar-refractivity contribution in [1.29, 1.82) is 0 Å². The normalized spacial score (nSPS) is 23.8. The molecule has 3 nitrogen and oxygen atoms in total. The number of rotatable bonds is 2. The summed E-state index contributed by atoms with van der Waals surface area (Å²) in [5.74, 6) is -0.688. The Balaban J connectivity index is 2.51. The van der Waals surface area contributed by atoms with Gasteiger partial charge in [-0.3, -0.25) is 4.79 Å². The zero-order chi connectivity index (χ0) is 8.48. The van der Waals surface area contributed by atoms with Crippen LogP contribution in [-0.2, 0) is 4.79 Å². The maximum Gasteiger partial charge on any atom is 0.317 e. The average molecular weight is 173 g/mol. The fraction of sp³-hybridized carbons (Fsp3) is 0.857. The van der Waals surface area contributed by atoms with Gasteiger partial charge in [0.05, 0.1) is 6.54 Å². The molecule has 0 unspecified atom stereocenters. The monoisotopic (exact) mass is 173 g/mol. The minimum atomic E-state index is -1.28. The van der Waals surface area contributed by atoms with Gasteiger partial charge in [-0.2, -0.15) is 0 Å². The summed E-state index contributed by atoms with van der Waals surface area (Å²) in [5, 5.41) is 8.59. The second kappa shape index (κ2) is 2.95. The summed E-state index contributed by atoms with van der Waals surface area (Å²) in [5.41, 5.74) is 0. The highest BCUT2D eigenvalue weighted by molar-refractivity contribution is 6.75. The van der Waals surface area contributed by atoms with Crippen molar-refractivity contribution < 1.29 is 9.90 Å². The van der Waals surface area contributed by atoms with E-state index < -0.39 is 14.2 Å². The Kier molecular flexibility index (Phi) is 2.34. The molecule has 0 amide bonds.